The molecule has 0 atom stereocenters. The summed E-state index contributed by atoms with van der Waals surface area (Å²) in [5, 5.41) is 3.63. The van der Waals surface area contributed by atoms with Crippen LogP contribution in [0, 0.1) is 19.7 Å². The fourth-order valence-corrected chi connectivity index (χ4v) is 2.86. The van der Waals surface area contributed by atoms with E-state index in [2.05, 4.69) is 25.2 Å². The van der Waals surface area contributed by atoms with Crippen LogP contribution in [0.5, 0.6) is 0 Å². The SMILES string of the molecule is Cc1cc(CNc2ccc(F)cc2Cl)c(C)s1. The third kappa shape index (κ3) is 2.99. The summed E-state index contributed by atoms with van der Waals surface area (Å²) in [6, 6.07) is 6.53. The van der Waals surface area contributed by atoms with Crippen LogP contribution in [0.25, 0.3) is 0 Å². The number of anilines is 1. The minimum absolute atomic E-state index is 0.317. The lowest BCUT2D eigenvalue weighted by molar-refractivity contribution is 0.628. The van der Waals surface area contributed by atoms with Gasteiger partial charge in [0, 0.05) is 16.3 Å². The van der Waals surface area contributed by atoms with Crippen LogP contribution in [-0.2, 0) is 6.54 Å². The quantitative estimate of drug-likeness (QED) is 0.846. The molecule has 0 fully saturated rings. The van der Waals surface area contributed by atoms with Gasteiger partial charge in [-0.05, 0) is 43.7 Å². The van der Waals surface area contributed by atoms with Crippen LogP contribution in [0.4, 0.5) is 10.1 Å². The van der Waals surface area contributed by atoms with Gasteiger partial charge in [-0.15, -0.1) is 11.3 Å². The summed E-state index contributed by atoms with van der Waals surface area (Å²) < 4.78 is 12.9. The fourth-order valence-electron chi connectivity index (χ4n) is 1.68. The summed E-state index contributed by atoms with van der Waals surface area (Å²) in [4.78, 5) is 2.60. The van der Waals surface area contributed by atoms with Gasteiger partial charge >= 0.3 is 0 Å². The second-order valence-electron chi connectivity index (χ2n) is 3.92. The van der Waals surface area contributed by atoms with Crippen LogP contribution in [0.1, 0.15) is 15.3 Å². The van der Waals surface area contributed by atoms with Crippen LogP contribution in [0.2, 0.25) is 5.02 Å². The van der Waals surface area contributed by atoms with Gasteiger partial charge in [-0.1, -0.05) is 11.6 Å². The van der Waals surface area contributed by atoms with Crippen molar-refractivity contribution in [2.75, 3.05) is 5.32 Å². The Balaban J connectivity index is 2.10. The van der Waals surface area contributed by atoms with Crippen LogP contribution in [0.15, 0.2) is 24.3 Å². The largest absolute Gasteiger partial charge is 0.380 e. The number of aryl methyl sites for hydroxylation is 2. The first-order valence-corrected chi connectivity index (χ1v) is 6.50. The Hall–Kier alpha value is -1.06. The van der Waals surface area contributed by atoms with Gasteiger partial charge in [-0.3, -0.25) is 0 Å². The summed E-state index contributed by atoms with van der Waals surface area (Å²) >= 11 is 7.72. The second-order valence-corrected chi connectivity index (χ2v) is 5.78. The van der Waals surface area contributed by atoms with Gasteiger partial charge in [0.1, 0.15) is 5.82 Å². The maximum Gasteiger partial charge on any atom is 0.124 e. The molecule has 17 heavy (non-hydrogen) atoms. The molecule has 0 radical (unpaired) electrons. The van der Waals surface area contributed by atoms with Crippen molar-refractivity contribution in [3.63, 3.8) is 0 Å². The zero-order chi connectivity index (χ0) is 12.4. The first-order chi connectivity index (χ1) is 8.06. The fraction of sp³-hybridized carbons (Fsp3) is 0.231. The van der Waals surface area contributed by atoms with Gasteiger partial charge in [-0.25, -0.2) is 4.39 Å². The molecule has 2 rings (SSSR count). The lowest BCUT2D eigenvalue weighted by Gasteiger charge is -2.08. The monoisotopic (exact) mass is 269 g/mol. The van der Waals surface area contributed by atoms with E-state index in [1.54, 1.807) is 17.4 Å². The van der Waals surface area contributed by atoms with Crippen molar-refractivity contribution < 1.29 is 4.39 Å². The van der Waals surface area contributed by atoms with E-state index in [1.165, 1.54) is 27.5 Å². The zero-order valence-corrected chi connectivity index (χ0v) is 11.3. The molecule has 0 aliphatic rings. The number of hydrogen-bond acceptors (Lipinski definition) is 2. The van der Waals surface area contributed by atoms with Crippen molar-refractivity contribution in [3.05, 3.63) is 50.4 Å². The van der Waals surface area contributed by atoms with Crippen LogP contribution in [-0.4, -0.2) is 0 Å². The normalized spacial score (nSPS) is 10.6. The standard InChI is InChI=1S/C13H13ClFNS/c1-8-5-10(9(2)17-8)7-16-13-4-3-11(15)6-12(13)14/h3-6,16H,7H2,1-2H3. The van der Waals surface area contributed by atoms with Crippen molar-refractivity contribution in [1.82, 2.24) is 0 Å². The van der Waals surface area contributed by atoms with Crippen LogP contribution >= 0.6 is 22.9 Å². The van der Waals surface area contributed by atoms with E-state index in [4.69, 9.17) is 11.6 Å². The molecule has 90 valence electrons. The molecule has 0 unspecified atom stereocenters. The molecule has 1 nitrogen and oxygen atoms in total. The molecule has 0 aliphatic heterocycles. The molecule has 1 aromatic carbocycles. The molecule has 1 heterocycles. The predicted molar refractivity (Wildman–Crippen MR) is 72.5 cm³/mol. The van der Waals surface area contributed by atoms with E-state index in [9.17, 15) is 4.39 Å². The first kappa shape index (κ1) is 12.4. The number of rotatable bonds is 3. The van der Waals surface area contributed by atoms with E-state index < -0.39 is 0 Å². The van der Waals surface area contributed by atoms with Gasteiger partial charge in [0.05, 0.1) is 10.7 Å². The van der Waals surface area contributed by atoms with Gasteiger partial charge in [0.2, 0.25) is 0 Å². The number of thiophene rings is 1. The topological polar surface area (TPSA) is 12.0 Å². The van der Waals surface area contributed by atoms with Crippen molar-refractivity contribution in [2.45, 2.75) is 20.4 Å². The summed E-state index contributed by atoms with van der Waals surface area (Å²) in [5.41, 5.74) is 2.02. The maximum absolute atomic E-state index is 12.9. The summed E-state index contributed by atoms with van der Waals surface area (Å²) in [7, 11) is 0. The number of nitrogens with one attached hydrogen (secondary N) is 1. The Bertz CT molecular complexity index is 536. The third-order valence-electron chi connectivity index (χ3n) is 2.54. The molecule has 0 saturated heterocycles. The Morgan fingerprint density at radius 1 is 1.29 bits per heavy atom. The van der Waals surface area contributed by atoms with Gasteiger partial charge in [0.25, 0.3) is 0 Å². The lowest BCUT2D eigenvalue weighted by Crippen LogP contribution is -2.00. The lowest BCUT2D eigenvalue weighted by atomic mass is 10.2. The van der Waals surface area contributed by atoms with Crippen molar-refractivity contribution in [1.29, 1.82) is 0 Å². The summed E-state index contributed by atoms with van der Waals surface area (Å²) in [5.74, 6) is -0.317. The third-order valence-corrected chi connectivity index (χ3v) is 3.87. The average Bonchev–Trinajstić information content (AvgIpc) is 2.56. The van der Waals surface area contributed by atoms with Gasteiger partial charge in [-0.2, -0.15) is 0 Å². The van der Waals surface area contributed by atoms with E-state index in [0.29, 0.717) is 11.6 Å². The van der Waals surface area contributed by atoms with Crippen LogP contribution < -0.4 is 5.32 Å². The Morgan fingerprint density at radius 2 is 2.06 bits per heavy atom. The molecule has 0 aliphatic carbocycles. The molecule has 1 N–H and O–H groups in total. The van der Waals surface area contributed by atoms with Crippen LogP contribution in [0.3, 0.4) is 0 Å². The van der Waals surface area contributed by atoms with E-state index in [1.807, 2.05) is 0 Å². The highest BCUT2D eigenvalue weighted by Crippen LogP contribution is 2.25. The summed E-state index contributed by atoms with van der Waals surface area (Å²) in [6.45, 7) is 4.90. The minimum Gasteiger partial charge on any atom is -0.380 e. The second kappa shape index (κ2) is 5.07. The van der Waals surface area contributed by atoms with Gasteiger partial charge < -0.3 is 5.32 Å². The maximum atomic E-state index is 12.9. The highest BCUT2D eigenvalue weighted by Gasteiger charge is 2.05. The molecule has 0 bridgehead atoms. The van der Waals surface area contributed by atoms with Crippen molar-refractivity contribution in [3.8, 4) is 0 Å². The molecule has 2 aromatic rings. The van der Waals surface area contributed by atoms with Crippen molar-refractivity contribution >= 4 is 28.6 Å². The molecule has 0 saturated carbocycles. The molecular formula is C13H13ClFNS. The minimum atomic E-state index is -0.317. The van der Waals surface area contributed by atoms with E-state index >= 15 is 0 Å². The highest BCUT2D eigenvalue weighted by molar-refractivity contribution is 7.12. The molecular weight excluding hydrogens is 257 g/mol. The molecule has 0 spiro atoms. The number of benzene rings is 1. The predicted octanol–water partition coefficient (Wildman–Crippen LogP) is 4.77. The first-order valence-electron chi connectivity index (χ1n) is 5.31. The number of hydrogen-bond donors (Lipinski definition) is 1. The summed E-state index contributed by atoms with van der Waals surface area (Å²) in [6.07, 6.45) is 0. The van der Waals surface area contributed by atoms with Crippen molar-refractivity contribution in [2.24, 2.45) is 0 Å². The van der Waals surface area contributed by atoms with Gasteiger partial charge in [0.15, 0.2) is 0 Å². The molecule has 1 aromatic heterocycles. The Labute approximate surface area is 109 Å². The zero-order valence-electron chi connectivity index (χ0n) is 9.68. The number of halogens is 2. The van der Waals surface area contributed by atoms with E-state index in [-0.39, 0.29) is 5.82 Å². The molecule has 0 amide bonds. The molecule has 4 heteroatoms. The Morgan fingerprint density at radius 3 is 2.65 bits per heavy atom. The highest BCUT2D eigenvalue weighted by atomic mass is 35.5. The van der Waals surface area contributed by atoms with E-state index in [0.717, 1.165) is 5.69 Å². The average molecular weight is 270 g/mol. The Kier molecular flexibility index (Phi) is 3.69. The smallest absolute Gasteiger partial charge is 0.124 e.